The maximum Gasteiger partial charge on any atom is 0.387 e. The molecular formula is C13H9Br2ClF2N2O. The van der Waals surface area contributed by atoms with Crippen LogP contribution in [0.3, 0.4) is 0 Å². The highest BCUT2D eigenvalue weighted by Gasteiger charge is 2.15. The number of ether oxygens (including phenoxy) is 1. The zero-order valence-electron chi connectivity index (χ0n) is 10.4. The van der Waals surface area contributed by atoms with Crippen LogP contribution in [-0.2, 0) is 6.54 Å². The molecule has 3 nitrogen and oxygen atoms in total. The number of pyridine rings is 1. The molecule has 1 heterocycles. The number of nitrogens with zero attached hydrogens (tertiary/aromatic N) is 1. The van der Waals surface area contributed by atoms with Gasteiger partial charge in [0.05, 0.1) is 22.4 Å². The molecule has 0 amide bonds. The molecule has 0 saturated carbocycles. The number of aromatic nitrogens is 1. The van der Waals surface area contributed by atoms with E-state index >= 15 is 0 Å². The number of rotatable bonds is 5. The molecule has 2 rings (SSSR count). The minimum atomic E-state index is -2.92. The lowest BCUT2D eigenvalue weighted by Gasteiger charge is -2.14. The Kier molecular flexibility index (Phi) is 5.78. The van der Waals surface area contributed by atoms with E-state index in [-0.39, 0.29) is 5.75 Å². The van der Waals surface area contributed by atoms with Crippen LogP contribution in [0.1, 0.15) is 5.69 Å². The van der Waals surface area contributed by atoms with Crippen LogP contribution < -0.4 is 10.1 Å². The number of benzene rings is 1. The van der Waals surface area contributed by atoms with Gasteiger partial charge in [-0.15, -0.1) is 0 Å². The van der Waals surface area contributed by atoms with Gasteiger partial charge in [0.25, 0.3) is 0 Å². The van der Waals surface area contributed by atoms with Crippen LogP contribution in [0.15, 0.2) is 39.4 Å². The monoisotopic (exact) mass is 440 g/mol. The first-order chi connectivity index (χ1) is 9.95. The Labute approximate surface area is 141 Å². The second-order valence-corrected chi connectivity index (χ2v) is 6.05. The molecule has 2 aromatic rings. The van der Waals surface area contributed by atoms with E-state index in [4.69, 9.17) is 11.6 Å². The van der Waals surface area contributed by atoms with Crippen LogP contribution >= 0.6 is 43.5 Å². The normalized spacial score (nSPS) is 10.8. The van der Waals surface area contributed by atoms with Gasteiger partial charge in [-0.25, -0.2) is 4.98 Å². The fourth-order valence-electron chi connectivity index (χ4n) is 1.64. The highest BCUT2D eigenvalue weighted by atomic mass is 79.9. The van der Waals surface area contributed by atoms with Gasteiger partial charge in [0.2, 0.25) is 0 Å². The van der Waals surface area contributed by atoms with E-state index in [9.17, 15) is 8.78 Å². The van der Waals surface area contributed by atoms with Gasteiger partial charge in [-0.1, -0.05) is 17.7 Å². The molecule has 0 unspecified atom stereocenters. The predicted molar refractivity (Wildman–Crippen MR) is 85.0 cm³/mol. The smallest absolute Gasteiger partial charge is 0.387 e. The van der Waals surface area contributed by atoms with Gasteiger partial charge >= 0.3 is 6.61 Å². The largest absolute Gasteiger partial charge is 0.431 e. The second kappa shape index (κ2) is 7.38. The van der Waals surface area contributed by atoms with Gasteiger partial charge in [-0.3, -0.25) is 0 Å². The maximum atomic E-state index is 12.5. The number of alkyl halides is 2. The molecule has 0 aliphatic rings. The molecule has 1 N–H and O–H groups in total. The first-order valence-corrected chi connectivity index (χ1v) is 7.71. The van der Waals surface area contributed by atoms with Crippen LogP contribution in [0, 0.1) is 0 Å². The average Bonchev–Trinajstić information content (AvgIpc) is 2.39. The molecule has 0 atom stereocenters. The Balaban J connectivity index is 2.22. The Morgan fingerprint density at radius 3 is 2.71 bits per heavy atom. The quantitative estimate of drug-likeness (QED) is 0.624. The Morgan fingerprint density at radius 2 is 2.05 bits per heavy atom. The maximum absolute atomic E-state index is 12.5. The standard InChI is InChI=1S/C13H9Br2ClF2N2O/c14-9-4-7(16)5-10(12(9)21-13(17)18)19-6-8-2-1-3-11(15)20-8/h1-5,13,19H,6H2. The number of halogens is 5. The lowest BCUT2D eigenvalue weighted by molar-refractivity contribution is -0.0498. The summed E-state index contributed by atoms with van der Waals surface area (Å²) in [4.78, 5) is 4.24. The van der Waals surface area contributed by atoms with Crippen LogP contribution in [-0.4, -0.2) is 11.6 Å². The predicted octanol–water partition coefficient (Wildman–Crippen LogP) is 5.47. The number of hydrogen-bond donors (Lipinski definition) is 1. The van der Waals surface area contributed by atoms with Crippen molar-refractivity contribution in [1.82, 2.24) is 4.98 Å². The van der Waals surface area contributed by atoms with E-state index < -0.39 is 6.61 Å². The fraction of sp³-hybridized carbons (Fsp3) is 0.154. The number of nitrogens with one attached hydrogen (secondary N) is 1. The van der Waals surface area contributed by atoms with Crippen LogP contribution in [0.4, 0.5) is 14.5 Å². The van der Waals surface area contributed by atoms with Gasteiger partial charge in [0.1, 0.15) is 4.60 Å². The van der Waals surface area contributed by atoms with Crippen molar-refractivity contribution in [2.45, 2.75) is 13.2 Å². The Bertz CT molecular complexity index is 644. The third kappa shape index (κ3) is 4.79. The highest BCUT2D eigenvalue weighted by Crippen LogP contribution is 2.37. The summed E-state index contributed by atoms with van der Waals surface area (Å²) in [5, 5.41) is 3.38. The van der Waals surface area contributed by atoms with Crippen molar-refractivity contribution in [2.75, 3.05) is 5.32 Å². The van der Waals surface area contributed by atoms with E-state index in [1.807, 2.05) is 12.1 Å². The first-order valence-electron chi connectivity index (χ1n) is 5.75. The minimum absolute atomic E-state index is 0.00407. The molecule has 0 fully saturated rings. The average molecular weight is 442 g/mol. The summed E-state index contributed by atoms with van der Waals surface area (Å²) in [6.07, 6.45) is 0. The summed E-state index contributed by atoms with van der Waals surface area (Å²) in [5.41, 5.74) is 1.10. The summed E-state index contributed by atoms with van der Waals surface area (Å²) in [6, 6.07) is 8.44. The Morgan fingerprint density at radius 1 is 1.29 bits per heavy atom. The Hall–Kier alpha value is -0.920. The van der Waals surface area contributed by atoms with Crippen molar-refractivity contribution in [3.8, 4) is 5.75 Å². The number of anilines is 1. The molecule has 0 radical (unpaired) electrons. The number of hydrogen-bond acceptors (Lipinski definition) is 3. The van der Waals surface area contributed by atoms with Crippen LogP contribution in [0.25, 0.3) is 0 Å². The second-order valence-electron chi connectivity index (χ2n) is 3.95. The van der Waals surface area contributed by atoms with Crippen molar-refractivity contribution in [1.29, 1.82) is 0 Å². The van der Waals surface area contributed by atoms with Crippen LogP contribution in [0.5, 0.6) is 5.75 Å². The summed E-state index contributed by atoms with van der Waals surface area (Å²) in [7, 11) is 0. The van der Waals surface area contributed by atoms with Crippen LogP contribution in [0.2, 0.25) is 5.02 Å². The molecule has 0 aliphatic carbocycles. The first kappa shape index (κ1) is 16.5. The van der Waals surface area contributed by atoms with E-state index in [1.54, 1.807) is 6.07 Å². The van der Waals surface area contributed by atoms with Gasteiger partial charge in [-0.05, 0) is 56.1 Å². The molecule has 0 aliphatic heterocycles. The van der Waals surface area contributed by atoms with E-state index in [0.29, 0.717) is 26.3 Å². The third-order valence-electron chi connectivity index (χ3n) is 2.45. The van der Waals surface area contributed by atoms with Gasteiger partial charge < -0.3 is 10.1 Å². The van der Waals surface area contributed by atoms with Crippen molar-refractivity contribution in [3.05, 3.63) is 50.1 Å². The van der Waals surface area contributed by atoms with Crippen molar-refractivity contribution < 1.29 is 13.5 Å². The highest BCUT2D eigenvalue weighted by molar-refractivity contribution is 9.10. The summed E-state index contributed by atoms with van der Waals surface area (Å²) >= 11 is 12.4. The van der Waals surface area contributed by atoms with Crippen molar-refractivity contribution in [2.24, 2.45) is 0 Å². The molecule has 0 bridgehead atoms. The SMILES string of the molecule is FC(F)Oc1c(Br)cc(Cl)cc1NCc1cccc(Br)n1. The van der Waals surface area contributed by atoms with Crippen molar-refractivity contribution in [3.63, 3.8) is 0 Å². The topological polar surface area (TPSA) is 34.1 Å². The van der Waals surface area contributed by atoms with Crippen molar-refractivity contribution >= 4 is 49.1 Å². The molecule has 0 spiro atoms. The fourth-order valence-corrected chi connectivity index (χ4v) is 2.92. The molecule has 112 valence electrons. The summed E-state index contributed by atoms with van der Waals surface area (Å²) in [6.45, 7) is -2.58. The molecule has 1 aromatic carbocycles. The zero-order chi connectivity index (χ0) is 15.4. The van der Waals surface area contributed by atoms with E-state index in [2.05, 4.69) is 46.9 Å². The summed E-state index contributed by atoms with van der Waals surface area (Å²) in [5.74, 6) is 0.00407. The third-order valence-corrected chi connectivity index (χ3v) is 3.70. The molecule has 8 heteroatoms. The van der Waals surface area contributed by atoms with Gasteiger partial charge in [0.15, 0.2) is 5.75 Å². The van der Waals surface area contributed by atoms with E-state index in [1.165, 1.54) is 12.1 Å². The molecular weight excluding hydrogens is 433 g/mol. The lowest BCUT2D eigenvalue weighted by atomic mass is 10.2. The summed E-state index contributed by atoms with van der Waals surface area (Å²) < 4.78 is 30.5. The molecule has 21 heavy (non-hydrogen) atoms. The van der Waals surface area contributed by atoms with E-state index in [0.717, 1.165) is 5.69 Å². The molecule has 0 saturated heterocycles. The molecule has 1 aromatic heterocycles. The van der Waals surface area contributed by atoms with Gasteiger partial charge in [0, 0.05) is 5.02 Å². The zero-order valence-corrected chi connectivity index (χ0v) is 14.3. The van der Waals surface area contributed by atoms with Gasteiger partial charge in [-0.2, -0.15) is 8.78 Å². The lowest BCUT2D eigenvalue weighted by Crippen LogP contribution is -2.08. The minimum Gasteiger partial charge on any atom is -0.431 e.